The zero-order valence-electron chi connectivity index (χ0n) is 7.50. The Morgan fingerprint density at radius 2 is 2.36 bits per heavy atom. The highest BCUT2D eigenvalue weighted by Gasteiger charge is 2.35. The van der Waals surface area contributed by atoms with Gasteiger partial charge in [-0.1, -0.05) is 0 Å². The average molecular weight is 217 g/mol. The molecule has 2 rings (SSSR count). The zero-order chi connectivity index (χ0) is 10.3. The fraction of sp³-hybridized carbons (Fsp3) is 0.375. The Hall–Kier alpha value is -1.01. The molecule has 0 aliphatic rings. The lowest BCUT2D eigenvalue weighted by Crippen LogP contribution is -2.27. The van der Waals surface area contributed by atoms with Crippen LogP contribution in [0.25, 0.3) is 4.96 Å². The molecular formula is C8H9F2N3S. The number of rotatable bonds is 2. The minimum absolute atomic E-state index is 0.101. The molecule has 0 aromatic carbocycles. The van der Waals surface area contributed by atoms with Crippen molar-refractivity contribution >= 4 is 16.3 Å². The molecular weight excluding hydrogens is 208 g/mol. The van der Waals surface area contributed by atoms with E-state index in [1.165, 1.54) is 15.7 Å². The van der Waals surface area contributed by atoms with Gasteiger partial charge in [-0.3, -0.25) is 4.40 Å². The molecule has 0 amide bonds. The number of halogens is 2. The van der Waals surface area contributed by atoms with E-state index in [0.717, 1.165) is 0 Å². The predicted octanol–water partition coefficient (Wildman–Crippen LogP) is 1.75. The van der Waals surface area contributed by atoms with Crippen molar-refractivity contribution in [3.63, 3.8) is 0 Å². The van der Waals surface area contributed by atoms with Gasteiger partial charge in [-0.15, -0.1) is 11.3 Å². The van der Waals surface area contributed by atoms with Crippen LogP contribution in [0.5, 0.6) is 0 Å². The second-order valence-electron chi connectivity index (χ2n) is 3.01. The topological polar surface area (TPSA) is 43.3 Å². The standard InChI is InChI=1S/C8H9F2N3S/c1-5-6(8(9,10)4-11)13-2-3-14-7(13)12-5/h2-3H,4,11H2,1H3. The highest BCUT2D eigenvalue weighted by molar-refractivity contribution is 7.15. The summed E-state index contributed by atoms with van der Waals surface area (Å²) in [5.41, 5.74) is 5.28. The monoisotopic (exact) mass is 217 g/mol. The maximum atomic E-state index is 13.4. The van der Waals surface area contributed by atoms with Crippen LogP contribution in [0.15, 0.2) is 11.6 Å². The van der Waals surface area contributed by atoms with Crippen molar-refractivity contribution in [3.8, 4) is 0 Å². The van der Waals surface area contributed by atoms with Crippen LogP contribution < -0.4 is 5.73 Å². The predicted molar refractivity (Wildman–Crippen MR) is 50.8 cm³/mol. The van der Waals surface area contributed by atoms with Crippen LogP contribution in [0, 0.1) is 6.92 Å². The summed E-state index contributed by atoms with van der Waals surface area (Å²) in [5.74, 6) is -3.01. The largest absolute Gasteiger partial charge is 0.325 e. The Bertz CT molecular complexity index is 460. The van der Waals surface area contributed by atoms with Crippen molar-refractivity contribution in [2.24, 2.45) is 5.73 Å². The van der Waals surface area contributed by atoms with E-state index < -0.39 is 12.5 Å². The van der Waals surface area contributed by atoms with Crippen LogP contribution in [0.2, 0.25) is 0 Å². The number of imidazole rings is 1. The lowest BCUT2D eigenvalue weighted by molar-refractivity contribution is -0.0000781. The smallest absolute Gasteiger partial charge is 0.301 e. The molecule has 2 N–H and O–H groups in total. The van der Waals surface area contributed by atoms with Gasteiger partial charge in [-0.2, -0.15) is 8.78 Å². The summed E-state index contributed by atoms with van der Waals surface area (Å²) in [7, 11) is 0. The number of alkyl halides is 2. The maximum Gasteiger partial charge on any atom is 0.301 e. The second kappa shape index (κ2) is 2.99. The summed E-state index contributed by atoms with van der Waals surface area (Å²) in [6.07, 6.45) is 1.58. The molecule has 0 saturated carbocycles. The average Bonchev–Trinajstić information content (AvgIpc) is 2.62. The van der Waals surface area contributed by atoms with Crippen LogP contribution in [-0.4, -0.2) is 15.9 Å². The summed E-state index contributed by atoms with van der Waals surface area (Å²) in [6.45, 7) is 0.871. The maximum absolute atomic E-state index is 13.4. The zero-order valence-corrected chi connectivity index (χ0v) is 8.31. The van der Waals surface area contributed by atoms with Crippen LogP contribution in [0.3, 0.4) is 0 Å². The SMILES string of the molecule is Cc1nc2sccn2c1C(F)(F)CN. The molecule has 76 valence electrons. The lowest BCUT2D eigenvalue weighted by Gasteiger charge is -2.13. The third-order valence-electron chi connectivity index (χ3n) is 2.04. The van der Waals surface area contributed by atoms with E-state index in [9.17, 15) is 8.78 Å². The summed E-state index contributed by atoms with van der Waals surface area (Å²) < 4.78 is 28.2. The van der Waals surface area contributed by atoms with Crippen molar-refractivity contribution < 1.29 is 8.78 Å². The van der Waals surface area contributed by atoms with E-state index in [1.54, 1.807) is 18.5 Å². The number of hydrogen-bond acceptors (Lipinski definition) is 3. The van der Waals surface area contributed by atoms with Gasteiger partial charge in [0.15, 0.2) is 4.96 Å². The van der Waals surface area contributed by atoms with Crippen LogP contribution in [-0.2, 0) is 5.92 Å². The molecule has 0 spiro atoms. The first-order valence-corrected chi connectivity index (χ1v) is 4.95. The highest BCUT2D eigenvalue weighted by atomic mass is 32.1. The van der Waals surface area contributed by atoms with Gasteiger partial charge < -0.3 is 5.73 Å². The normalized spacial score (nSPS) is 12.6. The van der Waals surface area contributed by atoms with Crippen molar-refractivity contribution in [3.05, 3.63) is 23.0 Å². The molecule has 0 aliphatic heterocycles. The van der Waals surface area contributed by atoms with E-state index in [4.69, 9.17) is 5.73 Å². The minimum Gasteiger partial charge on any atom is -0.325 e. The number of aromatic nitrogens is 2. The molecule has 0 bridgehead atoms. The van der Waals surface area contributed by atoms with E-state index in [0.29, 0.717) is 10.7 Å². The van der Waals surface area contributed by atoms with Gasteiger partial charge in [0.1, 0.15) is 5.69 Å². The molecule has 3 nitrogen and oxygen atoms in total. The molecule has 2 heterocycles. The molecule has 6 heteroatoms. The van der Waals surface area contributed by atoms with Crippen molar-refractivity contribution in [2.75, 3.05) is 6.54 Å². The molecule has 0 aliphatic carbocycles. The van der Waals surface area contributed by atoms with E-state index in [2.05, 4.69) is 4.98 Å². The fourth-order valence-corrected chi connectivity index (χ4v) is 2.19. The Balaban J connectivity index is 2.70. The summed E-state index contributed by atoms with van der Waals surface area (Å²) in [5, 5.41) is 1.72. The van der Waals surface area contributed by atoms with E-state index in [1.807, 2.05) is 0 Å². The van der Waals surface area contributed by atoms with Gasteiger partial charge >= 0.3 is 5.92 Å². The number of aryl methyl sites for hydroxylation is 1. The minimum atomic E-state index is -3.01. The number of thiazole rings is 1. The number of fused-ring (bicyclic) bond motifs is 1. The second-order valence-corrected chi connectivity index (χ2v) is 3.88. The van der Waals surface area contributed by atoms with Crippen molar-refractivity contribution in [1.29, 1.82) is 0 Å². The first-order chi connectivity index (χ1) is 6.56. The van der Waals surface area contributed by atoms with Gasteiger partial charge in [0.05, 0.1) is 12.2 Å². The van der Waals surface area contributed by atoms with Gasteiger partial charge in [0, 0.05) is 11.6 Å². The quantitative estimate of drug-likeness (QED) is 0.832. The van der Waals surface area contributed by atoms with Gasteiger partial charge in [0.2, 0.25) is 0 Å². The van der Waals surface area contributed by atoms with Gasteiger partial charge in [-0.25, -0.2) is 4.98 Å². The number of nitrogens with two attached hydrogens (primary N) is 1. The molecule has 2 aromatic rings. The Morgan fingerprint density at radius 3 is 3.00 bits per heavy atom. The molecule has 14 heavy (non-hydrogen) atoms. The summed E-state index contributed by atoms with van der Waals surface area (Å²) in [6, 6.07) is 0. The van der Waals surface area contributed by atoms with Gasteiger partial charge in [-0.05, 0) is 6.92 Å². The third kappa shape index (κ3) is 1.22. The molecule has 0 fully saturated rings. The molecule has 0 radical (unpaired) electrons. The lowest BCUT2D eigenvalue weighted by atomic mass is 10.2. The van der Waals surface area contributed by atoms with Gasteiger partial charge in [0.25, 0.3) is 0 Å². The molecule has 0 atom stereocenters. The summed E-state index contributed by atoms with van der Waals surface area (Å²) in [4.78, 5) is 4.61. The first kappa shape index (κ1) is 9.54. The third-order valence-corrected chi connectivity index (χ3v) is 2.80. The molecule has 0 saturated heterocycles. The Morgan fingerprint density at radius 1 is 1.64 bits per heavy atom. The highest BCUT2D eigenvalue weighted by Crippen LogP contribution is 2.31. The summed E-state index contributed by atoms with van der Waals surface area (Å²) >= 11 is 1.33. The first-order valence-electron chi connectivity index (χ1n) is 4.07. The number of hydrogen-bond donors (Lipinski definition) is 1. The van der Waals surface area contributed by atoms with Crippen molar-refractivity contribution in [1.82, 2.24) is 9.38 Å². The van der Waals surface area contributed by atoms with E-state index >= 15 is 0 Å². The molecule has 0 unspecified atom stereocenters. The van der Waals surface area contributed by atoms with Crippen LogP contribution >= 0.6 is 11.3 Å². The Kier molecular flexibility index (Phi) is 2.04. The number of nitrogens with zero attached hydrogens (tertiary/aromatic N) is 2. The van der Waals surface area contributed by atoms with Crippen LogP contribution in [0.4, 0.5) is 8.78 Å². The fourth-order valence-electron chi connectivity index (χ4n) is 1.43. The van der Waals surface area contributed by atoms with Crippen molar-refractivity contribution in [2.45, 2.75) is 12.8 Å². The Labute approximate surface area is 83.2 Å². The molecule has 2 aromatic heterocycles. The van der Waals surface area contributed by atoms with Crippen LogP contribution in [0.1, 0.15) is 11.4 Å². The van der Waals surface area contributed by atoms with E-state index in [-0.39, 0.29) is 5.69 Å².